The van der Waals surface area contributed by atoms with Crippen molar-refractivity contribution >= 4 is 0 Å². The van der Waals surface area contributed by atoms with Gasteiger partial charge >= 0.3 is 0 Å². The van der Waals surface area contributed by atoms with Crippen molar-refractivity contribution in [3.8, 4) is 0 Å². The van der Waals surface area contributed by atoms with Crippen molar-refractivity contribution in [2.24, 2.45) is 5.92 Å². The van der Waals surface area contributed by atoms with E-state index in [1.165, 1.54) is 5.56 Å². The summed E-state index contributed by atoms with van der Waals surface area (Å²) in [5.41, 5.74) is 1.38. The minimum atomic E-state index is -0.0284. The molecule has 1 aliphatic heterocycles. The second kappa shape index (κ2) is 6.06. The van der Waals surface area contributed by atoms with E-state index in [0.29, 0.717) is 17.9 Å². The number of rotatable bonds is 4. The Morgan fingerprint density at radius 2 is 1.95 bits per heavy atom. The van der Waals surface area contributed by atoms with E-state index in [2.05, 4.69) is 63.3 Å². The summed E-state index contributed by atoms with van der Waals surface area (Å²) in [6.07, 6.45) is 1.40. The molecule has 0 spiro atoms. The summed E-state index contributed by atoms with van der Waals surface area (Å²) in [6, 6.07) is 10.7. The van der Waals surface area contributed by atoms with Crippen LogP contribution < -0.4 is 5.32 Å². The van der Waals surface area contributed by atoms with Crippen LogP contribution in [0.3, 0.4) is 0 Å². The normalized spacial score (nSPS) is 29.4. The Bertz CT molecular complexity index is 390. The summed E-state index contributed by atoms with van der Waals surface area (Å²) < 4.78 is 6.36. The van der Waals surface area contributed by atoms with Crippen LogP contribution >= 0.6 is 0 Å². The minimum Gasteiger partial charge on any atom is -0.369 e. The Balaban J connectivity index is 1.96. The van der Waals surface area contributed by atoms with Crippen molar-refractivity contribution in [2.75, 3.05) is 13.1 Å². The van der Waals surface area contributed by atoms with Crippen molar-refractivity contribution < 1.29 is 4.74 Å². The fourth-order valence-electron chi connectivity index (χ4n) is 2.73. The Labute approximate surface area is 117 Å². The largest absolute Gasteiger partial charge is 0.369 e. The van der Waals surface area contributed by atoms with E-state index in [4.69, 9.17) is 4.74 Å². The first-order chi connectivity index (χ1) is 9.01. The molecule has 2 heteroatoms. The lowest BCUT2D eigenvalue weighted by atomic mass is 9.88. The Morgan fingerprint density at radius 3 is 2.58 bits per heavy atom. The van der Waals surface area contributed by atoms with Crippen molar-refractivity contribution in [3.05, 3.63) is 35.9 Å². The summed E-state index contributed by atoms with van der Waals surface area (Å²) in [5, 5.41) is 3.54. The summed E-state index contributed by atoms with van der Waals surface area (Å²) in [6.45, 7) is 10.9. The van der Waals surface area contributed by atoms with Crippen LogP contribution in [0.5, 0.6) is 0 Å². The first-order valence-corrected chi connectivity index (χ1v) is 7.45. The van der Waals surface area contributed by atoms with Gasteiger partial charge in [-0.25, -0.2) is 0 Å². The molecule has 1 N–H and O–H groups in total. The third-order valence-electron chi connectivity index (χ3n) is 4.49. The highest BCUT2D eigenvalue weighted by molar-refractivity contribution is 5.18. The van der Waals surface area contributed by atoms with Crippen LogP contribution in [0.2, 0.25) is 0 Å². The number of ether oxygens (including phenoxy) is 1. The van der Waals surface area contributed by atoms with Gasteiger partial charge in [-0.2, -0.15) is 0 Å². The molecule has 19 heavy (non-hydrogen) atoms. The Morgan fingerprint density at radius 1 is 1.26 bits per heavy atom. The molecule has 106 valence electrons. The van der Waals surface area contributed by atoms with Gasteiger partial charge in [0.2, 0.25) is 0 Å². The first-order valence-electron chi connectivity index (χ1n) is 7.45. The topological polar surface area (TPSA) is 21.3 Å². The molecular weight excluding hydrogens is 234 g/mol. The molecule has 1 fully saturated rings. The SMILES string of the molecule is CC(CC1CNCC(C)(C(C)C)O1)c1ccccc1. The van der Waals surface area contributed by atoms with Gasteiger partial charge in [0.1, 0.15) is 0 Å². The van der Waals surface area contributed by atoms with E-state index in [-0.39, 0.29) is 5.60 Å². The zero-order chi connectivity index (χ0) is 13.9. The lowest BCUT2D eigenvalue weighted by Gasteiger charge is -2.42. The molecule has 3 unspecified atom stereocenters. The zero-order valence-corrected chi connectivity index (χ0v) is 12.6. The molecule has 2 nitrogen and oxygen atoms in total. The molecule has 3 atom stereocenters. The van der Waals surface area contributed by atoms with Crippen LogP contribution in [-0.4, -0.2) is 24.8 Å². The highest BCUT2D eigenvalue weighted by Crippen LogP contribution is 2.29. The summed E-state index contributed by atoms with van der Waals surface area (Å²) in [5.74, 6) is 1.08. The molecule has 1 saturated heterocycles. The highest BCUT2D eigenvalue weighted by atomic mass is 16.5. The van der Waals surface area contributed by atoms with Crippen molar-refractivity contribution in [1.82, 2.24) is 5.32 Å². The van der Waals surface area contributed by atoms with Gasteiger partial charge in [-0.3, -0.25) is 0 Å². The van der Waals surface area contributed by atoms with Gasteiger partial charge in [0.05, 0.1) is 11.7 Å². The van der Waals surface area contributed by atoms with Gasteiger partial charge < -0.3 is 10.1 Å². The summed E-state index contributed by atoms with van der Waals surface area (Å²) >= 11 is 0. The first kappa shape index (κ1) is 14.5. The van der Waals surface area contributed by atoms with Crippen LogP contribution in [0.1, 0.15) is 45.6 Å². The van der Waals surface area contributed by atoms with E-state index in [9.17, 15) is 0 Å². The maximum Gasteiger partial charge on any atom is 0.0805 e. The second-order valence-electron chi connectivity index (χ2n) is 6.39. The number of nitrogens with one attached hydrogen (secondary N) is 1. The van der Waals surface area contributed by atoms with E-state index >= 15 is 0 Å². The average Bonchev–Trinajstić information content (AvgIpc) is 2.39. The summed E-state index contributed by atoms with van der Waals surface area (Å²) in [7, 11) is 0. The predicted molar refractivity (Wildman–Crippen MR) is 80.5 cm³/mol. The number of benzene rings is 1. The Hall–Kier alpha value is -0.860. The number of hydrogen-bond acceptors (Lipinski definition) is 2. The molecule has 0 radical (unpaired) electrons. The van der Waals surface area contributed by atoms with Crippen molar-refractivity contribution in [2.45, 2.75) is 51.7 Å². The Kier molecular flexibility index (Phi) is 4.64. The van der Waals surface area contributed by atoms with Crippen LogP contribution in [0, 0.1) is 5.92 Å². The molecule has 0 aliphatic carbocycles. The number of hydrogen-bond donors (Lipinski definition) is 1. The van der Waals surface area contributed by atoms with E-state index in [1.807, 2.05) is 0 Å². The number of morpholine rings is 1. The van der Waals surface area contributed by atoms with Crippen molar-refractivity contribution in [1.29, 1.82) is 0 Å². The molecule has 0 amide bonds. The maximum atomic E-state index is 6.36. The molecule has 1 aromatic rings. The minimum absolute atomic E-state index is 0.0284. The van der Waals surface area contributed by atoms with Gasteiger partial charge in [-0.15, -0.1) is 0 Å². The lowest BCUT2D eigenvalue weighted by Crippen LogP contribution is -2.55. The van der Waals surface area contributed by atoms with E-state index in [0.717, 1.165) is 19.5 Å². The van der Waals surface area contributed by atoms with Crippen LogP contribution in [0.25, 0.3) is 0 Å². The molecular formula is C17H27NO. The fourth-order valence-corrected chi connectivity index (χ4v) is 2.73. The average molecular weight is 261 g/mol. The maximum absolute atomic E-state index is 6.36. The standard InChI is InChI=1S/C17H27NO/c1-13(2)17(4)12-18-11-16(19-17)10-14(3)15-8-6-5-7-9-15/h5-9,13-14,16,18H,10-12H2,1-4H3. The molecule has 1 aromatic carbocycles. The zero-order valence-electron chi connectivity index (χ0n) is 12.6. The van der Waals surface area contributed by atoms with Crippen molar-refractivity contribution in [3.63, 3.8) is 0 Å². The van der Waals surface area contributed by atoms with Gasteiger partial charge in [0.15, 0.2) is 0 Å². The van der Waals surface area contributed by atoms with Crippen LogP contribution in [-0.2, 0) is 4.74 Å². The van der Waals surface area contributed by atoms with Crippen LogP contribution in [0.4, 0.5) is 0 Å². The third kappa shape index (κ3) is 3.58. The van der Waals surface area contributed by atoms with E-state index < -0.39 is 0 Å². The van der Waals surface area contributed by atoms with Gasteiger partial charge in [0.25, 0.3) is 0 Å². The molecule has 0 aromatic heterocycles. The fraction of sp³-hybridized carbons (Fsp3) is 0.647. The highest BCUT2D eigenvalue weighted by Gasteiger charge is 2.36. The summed E-state index contributed by atoms with van der Waals surface area (Å²) in [4.78, 5) is 0. The van der Waals surface area contributed by atoms with Crippen LogP contribution in [0.15, 0.2) is 30.3 Å². The quantitative estimate of drug-likeness (QED) is 0.894. The predicted octanol–water partition coefficient (Wildman–Crippen LogP) is 3.58. The molecule has 0 bridgehead atoms. The monoisotopic (exact) mass is 261 g/mol. The third-order valence-corrected chi connectivity index (χ3v) is 4.49. The molecule has 1 aliphatic rings. The lowest BCUT2D eigenvalue weighted by molar-refractivity contribution is -0.133. The molecule has 2 rings (SSSR count). The molecule has 1 heterocycles. The second-order valence-corrected chi connectivity index (χ2v) is 6.39. The van der Waals surface area contributed by atoms with Gasteiger partial charge in [0, 0.05) is 13.1 Å². The van der Waals surface area contributed by atoms with Gasteiger partial charge in [-0.05, 0) is 30.7 Å². The van der Waals surface area contributed by atoms with Gasteiger partial charge in [-0.1, -0.05) is 51.1 Å². The smallest absolute Gasteiger partial charge is 0.0805 e. The molecule has 0 saturated carbocycles. The van der Waals surface area contributed by atoms with E-state index in [1.54, 1.807) is 0 Å².